The van der Waals surface area contributed by atoms with Crippen molar-refractivity contribution in [1.82, 2.24) is 10.2 Å². The Morgan fingerprint density at radius 2 is 1.51 bits per heavy atom. The molecule has 0 unspecified atom stereocenters. The average Bonchev–Trinajstić information content (AvgIpc) is 2.84. The predicted octanol–water partition coefficient (Wildman–Crippen LogP) is 5.09. The highest BCUT2D eigenvalue weighted by Crippen LogP contribution is 2.17. The van der Waals surface area contributed by atoms with Crippen LogP contribution in [0.4, 0.5) is 0 Å². The van der Waals surface area contributed by atoms with Crippen LogP contribution in [-0.4, -0.2) is 35.9 Å². The second kappa shape index (κ2) is 12.7. The highest BCUT2D eigenvalue weighted by Gasteiger charge is 2.30. The number of amides is 2. The quantitative estimate of drug-likeness (QED) is 0.423. The monoisotopic (exact) mass is 472 g/mol. The van der Waals surface area contributed by atoms with E-state index < -0.39 is 6.04 Å². The van der Waals surface area contributed by atoms with Crippen molar-refractivity contribution in [3.8, 4) is 5.75 Å². The van der Waals surface area contributed by atoms with Gasteiger partial charge in [-0.05, 0) is 48.6 Å². The summed E-state index contributed by atoms with van der Waals surface area (Å²) in [5.74, 6) is 0.562. The van der Waals surface area contributed by atoms with Crippen LogP contribution in [0.5, 0.6) is 5.75 Å². The van der Waals surface area contributed by atoms with E-state index in [9.17, 15) is 9.59 Å². The van der Waals surface area contributed by atoms with Crippen LogP contribution in [0.15, 0.2) is 78.9 Å². The van der Waals surface area contributed by atoms with Gasteiger partial charge in [0.05, 0.1) is 0 Å². The van der Waals surface area contributed by atoms with Gasteiger partial charge in [-0.15, -0.1) is 0 Å². The number of aryl methyl sites for hydroxylation is 2. The molecule has 5 nitrogen and oxygen atoms in total. The summed E-state index contributed by atoms with van der Waals surface area (Å²) >= 11 is 0. The summed E-state index contributed by atoms with van der Waals surface area (Å²) in [5.41, 5.74) is 4.14. The van der Waals surface area contributed by atoms with E-state index in [-0.39, 0.29) is 18.4 Å². The van der Waals surface area contributed by atoms with Gasteiger partial charge in [-0.25, -0.2) is 0 Å². The van der Waals surface area contributed by atoms with Gasteiger partial charge in [-0.1, -0.05) is 86.1 Å². The Morgan fingerprint density at radius 3 is 2.17 bits per heavy atom. The molecule has 184 valence electrons. The highest BCUT2D eigenvalue weighted by atomic mass is 16.5. The van der Waals surface area contributed by atoms with Gasteiger partial charge >= 0.3 is 0 Å². The lowest BCUT2D eigenvalue weighted by Gasteiger charge is -2.32. The summed E-state index contributed by atoms with van der Waals surface area (Å²) < 4.78 is 5.85. The van der Waals surface area contributed by atoms with E-state index >= 15 is 0 Å². The van der Waals surface area contributed by atoms with E-state index in [2.05, 4.69) is 19.2 Å². The van der Waals surface area contributed by atoms with Crippen molar-refractivity contribution < 1.29 is 14.3 Å². The van der Waals surface area contributed by atoms with Gasteiger partial charge in [-0.3, -0.25) is 9.59 Å². The Balaban J connectivity index is 1.90. The van der Waals surface area contributed by atoms with E-state index in [1.54, 1.807) is 4.90 Å². The minimum atomic E-state index is -0.662. The molecule has 5 heteroatoms. The Morgan fingerprint density at radius 1 is 0.857 bits per heavy atom. The third-order valence-electron chi connectivity index (χ3n) is 5.74. The van der Waals surface area contributed by atoms with E-state index in [0.29, 0.717) is 31.2 Å². The van der Waals surface area contributed by atoms with Crippen LogP contribution in [-0.2, 0) is 22.6 Å². The molecule has 1 N–H and O–H groups in total. The molecule has 0 saturated carbocycles. The predicted molar refractivity (Wildman–Crippen MR) is 140 cm³/mol. The van der Waals surface area contributed by atoms with Crippen LogP contribution in [0, 0.1) is 19.8 Å². The first-order valence-corrected chi connectivity index (χ1v) is 12.2. The fraction of sp³-hybridized carbons (Fsp3) is 0.333. The number of carbonyl (C=O) groups is 2. The molecular formula is C30H36N2O3. The van der Waals surface area contributed by atoms with Crippen molar-refractivity contribution in [3.63, 3.8) is 0 Å². The molecule has 0 aromatic heterocycles. The van der Waals surface area contributed by atoms with Gasteiger partial charge < -0.3 is 15.0 Å². The fourth-order valence-electron chi connectivity index (χ4n) is 3.92. The van der Waals surface area contributed by atoms with E-state index in [4.69, 9.17) is 4.74 Å². The summed E-state index contributed by atoms with van der Waals surface area (Å²) in [6, 6.07) is 24.8. The van der Waals surface area contributed by atoms with Crippen LogP contribution in [0.25, 0.3) is 0 Å². The number of rotatable bonds is 11. The van der Waals surface area contributed by atoms with Gasteiger partial charge in [0.2, 0.25) is 5.91 Å². The third-order valence-corrected chi connectivity index (χ3v) is 5.74. The zero-order valence-electron chi connectivity index (χ0n) is 21.2. The molecule has 0 saturated heterocycles. The van der Waals surface area contributed by atoms with Crippen molar-refractivity contribution in [2.75, 3.05) is 13.2 Å². The molecule has 3 aromatic rings. The lowest BCUT2D eigenvalue weighted by Crippen LogP contribution is -2.52. The SMILES string of the molecule is Cc1cccc(CN(C(=O)COc2cccc(C)c2)[C@H](Cc2ccccc2)C(=O)NCC(C)C)c1. The number of nitrogens with one attached hydrogen (secondary N) is 1. The number of carbonyl (C=O) groups excluding carboxylic acids is 2. The molecule has 1 atom stereocenters. The van der Waals surface area contributed by atoms with E-state index in [1.165, 1.54) is 0 Å². The standard InChI is InChI=1S/C30H36N2O3/c1-22(2)19-31-30(34)28(18-25-12-6-5-7-13-25)32(20-26-14-8-10-23(3)16-26)29(33)21-35-27-15-9-11-24(4)17-27/h5-17,22,28H,18-21H2,1-4H3,(H,31,34)/t28-/m1/s1. The number of benzene rings is 3. The van der Waals surface area contributed by atoms with Crippen LogP contribution in [0.3, 0.4) is 0 Å². The first kappa shape index (κ1) is 26.0. The van der Waals surface area contributed by atoms with Crippen molar-refractivity contribution in [2.24, 2.45) is 5.92 Å². The molecule has 0 aliphatic rings. The summed E-state index contributed by atoms with van der Waals surface area (Å²) in [7, 11) is 0. The summed E-state index contributed by atoms with van der Waals surface area (Å²) in [6.07, 6.45) is 0.423. The number of ether oxygens (including phenoxy) is 1. The molecule has 2 amide bonds. The number of hydrogen-bond donors (Lipinski definition) is 1. The minimum Gasteiger partial charge on any atom is -0.484 e. The normalized spacial score (nSPS) is 11.7. The van der Waals surface area contributed by atoms with Crippen molar-refractivity contribution >= 4 is 11.8 Å². The summed E-state index contributed by atoms with van der Waals surface area (Å²) in [5, 5.41) is 3.04. The number of hydrogen-bond acceptors (Lipinski definition) is 3. The largest absolute Gasteiger partial charge is 0.484 e. The lowest BCUT2D eigenvalue weighted by atomic mass is 10.0. The van der Waals surface area contributed by atoms with E-state index in [0.717, 1.165) is 22.3 Å². The van der Waals surface area contributed by atoms with Crippen LogP contribution >= 0.6 is 0 Å². The van der Waals surface area contributed by atoms with Crippen LogP contribution in [0.2, 0.25) is 0 Å². The molecule has 0 bridgehead atoms. The molecule has 0 aliphatic carbocycles. The molecule has 3 aromatic carbocycles. The van der Waals surface area contributed by atoms with Gasteiger partial charge in [0.15, 0.2) is 6.61 Å². The Hall–Kier alpha value is -3.60. The second-order valence-corrected chi connectivity index (χ2v) is 9.46. The molecule has 35 heavy (non-hydrogen) atoms. The minimum absolute atomic E-state index is 0.141. The van der Waals surface area contributed by atoms with Crippen molar-refractivity contribution in [2.45, 2.75) is 46.7 Å². The van der Waals surface area contributed by atoms with Crippen LogP contribution < -0.4 is 10.1 Å². The molecular weight excluding hydrogens is 436 g/mol. The summed E-state index contributed by atoms with van der Waals surface area (Å²) in [6.45, 7) is 8.84. The molecule has 0 aliphatic heterocycles. The maximum atomic E-state index is 13.6. The Labute approximate surface area is 209 Å². The maximum Gasteiger partial charge on any atom is 0.261 e. The van der Waals surface area contributed by atoms with Gasteiger partial charge in [0.1, 0.15) is 11.8 Å². The number of nitrogens with zero attached hydrogens (tertiary/aromatic N) is 1. The fourth-order valence-corrected chi connectivity index (χ4v) is 3.92. The van der Waals surface area contributed by atoms with Crippen molar-refractivity contribution in [1.29, 1.82) is 0 Å². The zero-order chi connectivity index (χ0) is 25.2. The molecule has 0 heterocycles. The third kappa shape index (κ3) is 8.29. The van der Waals surface area contributed by atoms with Gasteiger partial charge in [0, 0.05) is 19.5 Å². The lowest BCUT2D eigenvalue weighted by molar-refractivity contribution is -0.142. The molecule has 0 fully saturated rings. The summed E-state index contributed by atoms with van der Waals surface area (Å²) in [4.78, 5) is 28.7. The van der Waals surface area contributed by atoms with E-state index in [1.807, 2.05) is 92.7 Å². The topological polar surface area (TPSA) is 58.6 Å². The van der Waals surface area contributed by atoms with Crippen LogP contribution in [0.1, 0.15) is 36.1 Å². The zero-order valence-corrected chi connectivity index (χ0v) is 21.2. The second-order valence-electron chi connectivity index (χ2n) is 9.46. The Bertz CT molecular complexity index is 1110. The van der Waals surface area contributed by atoms with Gasteiger partial charge in [-0.2, -0.15) is 0 Å². The smallest absolute Gasteiger partial charge is 0.261 e. The Kier molecular flexibility index (Phi) is 9.47. The molecule has 0 radical (unpaired) electrons. The molecule has 0 spiro atoms. The maximum absolute atomic E-state index is 13.6. The first-order valence-electron chi connectivity index (χ1n) is 12.2. The van der Waals surface area contributed by atoms with Gasteiger partial charge in [0.25, 0.3) is 5.91 Å². The van der Waals surface area contributed by atoms with Crippen molar-refractivity contribution in [3.05, 3.63) is 101 Å². The molecule has 3 rings (SSSR count). The first-order chi connectivity index (χ1) is 16.8. The highest BCUT2D eigenvalue weighted by molar-refractivity contribution is 5.88. The average molecular weight is 473 g/mol.